The van der Waals surface area contributed by atoms with Gasteiger partial charge in [0.15, 0.2) is 5.96 Å². The lowest BCUT2D eigenvalue weighted by atomic mass is 9.94. The van der Waals surface area contributed by atoms with Gasteiger partial charge in [-0.05, 0) is 49.8 Å². The number of hydrogen-bond donors (Lipinski definition) is 1. The Hall–Kier alpha value is -1.06. The van der Waals surface area contributed by atoms with Gasteiger partial charge in [0.25, 0.3) is 0 Å². The van der Waals surface area contributed by atoms with Gasteiger partial charge in [-0.3, -0.25) is 4.99 Å². The topological polar surface area (TPSA) is 49.3 Å². The largest absolute Gasteiger partial charge is 0.385 e. The Morgan fingerprint density at radius 3 is 2.38 bits per heavy atom. The fourth-order valence-electron chi connectivity index (χ4n) is 4.73. The molecule has 0 radical (unpaired) electrons. The number of halogens is 1. The quantitative estimate of drug-likeness (QED) is 0.207. The van der Waals surface area contributed by atoms with Gasteiger partial charge in [-0.2, -0.15) is 0 Å². The molecule has 1 saturated heterocycles. The van der Waals surface area contributed by atoms with E-state index in [1.807, 2.05) is 7.05 Å². The molecule has 0 bridgehead atoms. The third-order valence-corrected chi connectivity index (χ3v) is 6.72. The van der Waals surface area contributed by atoms with Gasteiger partial charge in [-0.1, -0.05) is 31.4 Å². The highest BCUT2D eigenvalue weighted by Gasteiger charge is 2.22. The first kappa shape index (κ1) is 27.2. The smallest absolute Gasteiger partial charge is 0.193 e. The van der Waals surface area contributed by atoms with E-state index in [1.165, 1.54) is 43.4 Å². The summed E-state index contributed by atoms with van der Waals surface area (Å²) >= 11 is 0. The normalized spacial score (nSPS) is 18.3. The van der Waals surface area contributed by atoms with Crippen LogP contribution in [-0.2, 0) is 16.0 Å². The summed E-state index contributed by atoms with van der Waals surface area (Å²) < 4.78 is 11.1. The van der Waals surface area contributed by atoms with Crippen LogP contribution >= 0.6 is 24.0 Å². The van der Waals surface area contributed by atoms with Crippen molar-refractivity contribution in [2.24, 2.45) is 4.99 Å². The van der Waals surface area contributed by atoms with E-state index >= 15 is 0 Å². The molecule has 0 aromatic heterocycles. The number of anilines is 1. The maximum absolute atomic E-state index is 5.98. The van der Waals surface area contributed by atoms with Gasteiger partial charge in [0.1, 0.15) is 0 Å². The number of likely N-dealkylation sites (tertiary alicyclic amines) is 1. The van der Waals surface area contributed by atoms with E-state index < -0.39 is 0 Å². The predicted molar refractivity (Wildman–Crippen MR) is 144 cm³/mol. The van der Waals surface area contributed by atoms with Gasteiger partial charge in [0.05, 0.1) is 6.10 Å². The molecular weight excluding hydrogens is 515 g/mol. The number of rotatable bonds is 9. The molecular formula is C25H43IN4O2. The van der Waals surface area contributed by atoms with Crippen LogP contribution in [-0.4, -0.2) is 70.5 Å². The Labute approximate surface area is 212 Å². The van der Waals surface area contributed by atoms with Crippen LogP contribution in [0.5, 0.6) is 0 Å². The van der Waals surface area contributed by atoms with Crippen LogP contribution in [0.15, 0.2) is 29.3 Å². The van der Waals surface area contributed by atoms with Crippen molar-refractivity contribution in [1.82, 2.24) is 10.2 Å². The molecule has 0 unspecified atom stereocenters. The van der Waals surface area contributed by atoms with E-state index in [-0.39, 0.29) is 24.0 Å². The molecule has 0 spiro atoms. The maximum Gasteiger partial charge on any atom is 0.193 e. The number of benzene rings is 1. The molecule has 1 aliphatic carbocycles. The first-order valence-corrected chi connectivity index (χ1v) is 12.1. The van der Waals surface area contributed by atoms with Gasteiger partial charge in [0.2, 0.25) is 0 Å². The summed E-state index contributed by atoms with van der Waals surface area (Å²) in [7, 11) is 5.86. The number of nitrogens with zero attached hydrogens (tertiary/aromatic N) is 3. The molecule has 1 heterocycles. The molecule has 32 heavy (non-hydrogen) atoms. The van der Waals surface area contributed by atoms with Crippen LogP contribution in [0.25, 0.3) is 0 Å². The minimum atomic E-state index is 0. The van der Waals surface area contributed by atoms with Crippen molar-refractivity contribution in [3.05, 3.63) is 29.8 Å². The first-order chi connectivity index (χ1) is 15.2. The molecule has 1 aromatic carbocycles. The summed E-state index contributed by atoms with van der Waals surface area (Å²) in [5.41, 5.74) is 2.62. The van der Waals surface area contributed by atoms with E-state index in [0.717, 1.165) is 58.1 Å². The lowest BCUT2D eigenvalue weighted by Crippen LogP contribution is -2.46. The van der Waals surface area contributed by atoms with Gasteiger partial charge in [0, 0.05) is 65.8 Å². The van der Waals surface area contributed by atoms with Crippen molar-refractivity contribution in [3.8, 4) is 0 Å². The fourth-order valence-corrected chi connectivity index (χ4v) is 4.73. The minimum Gasteiger partial charge on any atom is -0.385 e. The monoisotopic (exact) mass is 558 g/mol. The highest BCUT2D eigenvalue weighted by atomic mass is 127. The minimum absolute atomic E-state index is 0. The van der Waals surface area contributed by atoms with Crippen molar-refractivity contribution in [2.45, 2.75) is 70.1 Å². The number of guanidine groups is 1. The molecule has 0 amide bonds. The summed E-state index contributed by atoms with van der Waals surface area (Å²) in [5, 5.41) is 3.55. The fraction of sp³-hybridized carbons (Fsp3) is 0.720. The van der Waals surface area contributed by atoms with Gasteiger partial charge >= 0.3 is 0 Å². The molecule has 2 aliphatic rings. The van der Waals surface area contributed by atoms with Crippen LogP contribution in [0.2, 0.25) is 0 Å². The summed E-state index contributed by atoms with van der Waals surface area (Å²) in [6, 6.07) is 9.72. The molecule has 0 atom stereocenters. The van der Waals surface area contributed by atoms with E-state index in [2.05, 4.69) is 51.4 Å². The Kier molecular flexibility index (Phi) is 12.7. The van der Waals surface area contributed by atoms with E-state index in [1.54, 1.807) is 7.11 Å². The van der Waals surface area contributed by atoms with E-state index in [9.17, 15) is 0 Å². The Morgan fingerprint density at radius 1 is 1.06 bits per heavy atom. The maximum atomic E-state index is 5.98. The Morgan fingerprint density at radius 2 is 1.75 bits per heavy atom. The van der Waals surface area contributed by atoms with E-state index in [0.29, 0.717) is 12.1 Å². The highest BCUT2D eigenvalue weighted by Crippen LogP contribution is 2.26. The number of aliphatic imine (C=N–C) groups is 1. The van der Waals surface area contributed by atoms with Crippen molar-refractivity contribution in [2.75, 3.05) is 52.4 Å². The molecule has 1 saturated carbocycles. The number of ether oxygens (including phenoxy) is 2. The second-order valence-corrected chi connectivity index (χ2v) is 8.87. The zero-order valence-corrected chi connectivity index (χ0v) is 22.6. The van der Waals surface area contributed by atoms with Gasteiger partial charge in [-0.25, -0.2) is 0 Å². The molecule has 2 fully saturated rings. The average molecular weight is 559 g/mol. The van der Waals surface area contributed by atoms with Crippen LogP contribution in [0.1, 0.15) is 56.9 Å². The standard InChI is InChI=1S/C25H42N4O2.HI/c1-26-25(29-16-14-24(15-17-29)31-19-7-18-30-3)27-20-21-10-12-23(13-11-21)28(2)22-8-5-4-6-9-22;/h10-13,22,24H,4-9,14-20H2,1-3H3,(H,26,27);1H. The third kappa shape index (κ3) is 8.37. The van der Waals surface area contributed by atoms with Crippen LogP contribution in [0.3, 0.4) is 0 Å². The molecule has 6 nitrogen and oxygen atoms in total. The number of nitrogens with one attached hydrogen (secondary N) is 1. The molecule has 1 aliphatic heterocycles. The SMILES string of the molecule is CN=C(NCc1ccc(N(C)C2CCCCC2)cc1)N1CCC(OCCCOC)CC1.I. The summed E-state index contributed by atoms with van der Waals surface area (Å²) in [5.74, 6) is 0.987. The molecule has 7 heteroatoms. The number of piperidine rings is 1. The number of methoxy groups -OCH3 is 1. The van der Waals surface area contributed by atoms with Crippen LogP contribution in [0, 0.1) is 0 Å². The highest BCUT2D eigenvalue weighted by molar-refractivity contribution is 14.0. The zero-order valence-electron chi connectivity index (χ0n) is 20.2. The summed E-state index contributed by atoms with van der Waals surface area (Å²) in [6.45, 7) is 4.33. The van der Waals surface area contributed by atoms with Crippen LogP contribution in [0.4, 0.5) is 5.69 Å². The lowest BCUT2D eigenvalue weighted by Gasteiger charge is -2.34. The second-order valence-electron chi connectivity index (χ2n) is 8.87. The first-order valence-electron chi connectivity index (χ1n) is 12.1. The average Bonchev–Trinajstić information content (AvgIpc) is 2.83. The van der Waals surface area contributed by atoms with Crippen molar-refractivity contribution in [1.29, 1.82) is 0 Å². The van der Waals surface area contributed by atoms with Gasteiger partial charge < -0.3 is 24.6 Å². The summed E-state index contributed by atoms with van der Waals surface area (Å²) in [4.78, 5) is 9.33. The Balaban J connectivity index is 0.00000363. The predicted octanol–water partition coefficient (Wildman–Crippen LogP) is 4.67. The lowest BCUT2D eigenvalue weighted by molar-refractivity contribution is 0.00989. The van der Waals surface area contributed by atoms with E-state index in [4.69, 9.17) is 9.47 Å². The second kappa shape index (κ2) is 15.0. The van der Waals surface area contributed by atoms with Crippen molar-refractivity contribution in [3.63, 3.8) is 0 Å². The Bertz CT molecular complexity index is 656. The summed E-state index contributed by atoms with van der Waals surface area (Å²) in [6.07, 6.45) is 10.2. The van der Waals surface area contributed by atoms with Crippen molar-refractivity contribution >= 4 is 35.6 Å². The van der Waals surface area contributed by atoms with Crippen molar-refractivity contribution < 1.29 is 9.47 Å². The molecule has 182 valence electrons. The third-order valence-electron chi connectivity index (χ3n) is 6.72. The number of hydrogen-bond acceptors (Lipinski definition) is 4. The molecule has 1 N–H and O–H groups in total. The molecule has 1 aromatic rings. The van der Waals surface area contributed by atoms with Gasteiger partial charge in [-0.15, -0.1) is 24.0 Å². The zero-order chi connectivity index (χ0) is 21.9. The van der Waals surface area contributed by atoms with Crippen LogP contribution < -0.4 is 10.2 Å². The molecule has 3 rings (SSSR count).